The highest BCUT2D eigenvalue weighted by Crippen LogP contribution is 2.32. The average molecular weight is 473 g/mol. The zero-order valence-corrected chi connectivity index (χ0v) is 18.0. The first-order valence-electron chi connectivity index (χ1n) is 9.72. The number of carbonyl (C=O) groups is 3. The van der Waals surface area contributed by atoms with Crippen LogP contribution in [0.2, 0.25) is 0 Å². The van der Waals surface area contributed by atoms with Crippen molar-refractivity contribution in [2.45, 2.75) is 13.5 Å². The standard InChI is InChI=1S/C21H17F2N5O4S/c1-12-16(17-24-7-2-9-28(17)26-12)18(29)25-8-10-27-19(30)15(33-21(27)31)11-13-3-5-14(6-4-13)32-20(22)23/h2-7,9,11,20H,8,10H2,1H3,(H,25,29)/b15-11+. The molecule has 1 saturated heterocycles. The third-order valence-corrected chi connectivity index (χ3v) is 5.60. The number of carbonyl (C=O) groups excluding carboxylic acids is 3. The number of thioether (sulfide) groups is 1. The van der Waals surface area contributed by atoms with Crippen molar-refractivity contribution >= 4 is 40.5 Å². The summed E-state index contributed by atoms with van der Waals surface area (Å²) in [6.45, 7) is -1.20. The predicted octanol–water partition coefficient (Wildman–Crippen LogP) is 3.11. The van der Waals surface area contributed by atoms with Gasteiger partial charge in [-0.15, -0.1) is 0 Å². The number of nitrogens with zero attached hydrogens (tertiary/aromatic N) is 4. The van der Waals surface area contributed by atoms with Gasteiger partial charge in [0.25, 0.3) is 17.1 Å². The summed E-state index contributed by atoms with van der Waals surface area (Å²) in [7, 11) is 0. The zero-order valence-electron chi connectivity index (χ0n) is 17.2. The fraction of sp³-hybridized carbons (Fsp3) is 0.190. The van der Waals surface area contributed by atoms with Gasteiger partial charge in [-0.25, -0.2) is 9.50 Å². The maximum Gasteiger partial charge on any atom is 0.387 e. The van der Waals surface area contributed by atoms with Crippen molar-refractivity contribution < 1.29 is 27.9 Å². The molecule has 0 bridgehead atoms. The molecule has 1 fully saturated rings. The summed E-state index contributed by atoms with van der Waals surface area (Å²) in [5.74, 6) is -0.918. The van der Waals surface area contributed by atoms with Crippen LogP contribution in [-0.2, 0) is 4.79 Å². The lowest BCUT2D eigenvalue weighted by Gasteiger charge is -2.12. The minimum Gasteiger partial charge on any atom is -0.435 e. The second kappa shape index (κ2) is 9.36. The van der Waals surface area contributed by atoms with Gasteiger partial charge < -0.3 is 10.1 Å². The van der Waals surface area contributed by atoms with E-state index in [1.165, 1.54) is 34.9 Å². The molecule has 9 nitrogen and oxygen atoms in total. The van der Waals surface area contributed by atoms with Crippen LogP contribution < -0.4 is 10.1 Å². The summed E-state index contributed by atoms with van der Waals surface area (Å²) < 4.78 is 30.3. The molecule has 12 heteroatoms. The molecule has 170 valence electrons. The van der Waals surface area contributed by atoms with Crippen molar-refractivity contribution in [1.82, 2.24) is 24.8 Å². The van der Waals surface area contributed by atoms with Gasteiger partial charge in [-0.1, -0.05) is 12.1 Å². The largest absolute Gasteiger partial charge is 0.435 e. The SMILES string of the molecule is Cc1nn2cccnc2c1C(=O)NCCN1C(=O)S/C(=C/c2ccc(OC(F)F)cc2)C1=O. The highest BCUT2D eigenvalue weighted by Gasteiger charge is 2.34. The Hall–Kier alpha value is -3.80. The highest BCUT2D eigenvalue weighted by molar-refractivity contribution is 8.18. The van der Waals surface area contributed by atoms with Gasteiger partial charge in [0, 0.05) is 25.5 Å². The molecular formula is C21H17F2N5O4S. The second-order valence-electron chi connectivity index (χ2n) is 6.89. The summed E-state index contributed by atoms with van der Waals surface area (Å²) in [5.41, 5.74) is 1.78. The van der Waals surface area contributed by atoms with Crippen molar-refractivity contribution in [3.05, 3.63) is 64.5 Å². The van der Waals surface area contributed by atoms with E-state index in [-0.39, 0.29) is 23.7 Å². The van der Waals surface area contributed by atoms with Crippen LogP contribution in [0.15, 0.2) is 47.6 Å². The molecule has 1 aliphatic rings. The molecule has 0 spiro atoms. The van der Waals surface area contributed by atoms with Crippen LogP contribution in [0.1, 0.15) is 21.6 Å². The van der Waals surface area contributed by atoms with Gasteiger partial charge >= 0.3 is 6.61 Å². The van der Waals surface area contributed by atoms with Crippen LogP contribution in [0.3, 0.4) is 0 Å². The molecule has 2 aromatic heterocycles. The molecule has 3 heterocycles. The molecular weight excluding hydrogens is 456 g/mol. The van der Waals surface area contributed by atoms with E-state index in [1.54, 1.807) is 25.4 Å². The summed E-state index contributed by atoms with van der Waals surface area (Å²) in [6.07, 6.45) is 4.72. The summed E-state index contributed by atoms with van der Waals surface area (Å²) in [4.78, 5) is 42.9. The molecule has 0 saturated carbocycles. The third-order valence-electron chi connectivity index (χ3n) is 4.69. The Morgan fingerprint density at radius 2 is 2.03 bits per heavy atom. The van der Waals surface area contributed by atoms with Crippen molar-refractivity contribution in [3.8, 4) is 5.75 Å². The van der Waals surface area contributed by atoms with Gasteiger partial charge in [-0.2, -0.15) is 13.9 Å². The molecule has 0 unspecified atom stereocenters. The maximum absolute atomic E-state index is 12.6. The summed E-state index contributed by atoms with van der Waals surface area (Å²) in [5, 5.41) is 6.46. The fourth-order valence-electron chi connectivity index (χ4n) is 3.22. The molecule has 4 rings (SSSR count). The van der Waals surface area contributed by atoms with Crippen molar-refractivity contribution in [2.24, 2.45) is 0 Å². The number of amides is 3. The number of fused-ring (bicyclic) bond motifs is 1. The smallest absolute Gasteiger partial charge is 0.387 e. The number of halogens is 2. The van der Waals surface area contributed by atoms with Gasteiger partial charge in [0.05, 0.1) is 10.6 Å². The minimum absolute atomic E-state index is 0.0115. The minimum atomic E-state index is -2.93. The predicted molar refractivity (Wildman–Crippen MR) is 116 cm³/mol. The van der Waals surface area contributed by atoms with Gasteiger partial charge in [-0.3, -0.25) is 19.3 Å². The monoisotopic (exact) mass is 473 g/mol. The Morgan fingerprint density at radius 1 is 1.27 bits per heavy atom. The molecule has 0 aliphatic carbocycles. The highest BCUT2D eigenvalue weighted by atomic mass is 32.2. The van der Waals surface area contributed by atoms with E-state index in [2.05, 4.69) is 20.1 Å². The van der Waals surface area contributed by atoms with Gasteiger partial charge in [-0.05, 0) is 48.5 Å². The second-order valence-corrected chi connectivity index (χ2v) is 7.88. The van der Waals surface area contributed by atoms with Crippen LogP contribution in [0, 0.1) is 6.92 Å². The van der Waals surface area contributed by atoms with Crippen LogP contribution in [0.4, 0.5) is 13.6 Å². The Morgan fingerprint density at radius 3 is 2.76 bits per heavy atom. The number of ether oxygens (including phenoxy) is 1. The number of benzene rings is 1. The van der Waals surface area contributed by atoms with E-state index in [9.17, 15) is 23.2 Å². The topological polar surface area (TPSA) is 106 Å². The number of rotatable bonds is 7. The molecule has 1 aromatic carbocycles. The lowest BCUT2D eigenvalue weighted by molar-refractivity contribution is -0.122. The molecule has 3 amide bonds. The maximum atomic E-state index is 12.6. The van der Waals surface area contributed by atoms with Gasteiger partial charge in [0.1, 0.15) is 11.3 Å². The normalized spacial score (nSPS) is 15.2. The number of hydrogen-bond donors (Lipinski definition) is 1. The van der Waals surface area contributed by atoms with Gasteiger partial charge in [0.2, 0.25) is 0 Å². The molecule has 0 radical (unpaired) electrons. The molecule has 33 heavy (non-hydrogen) atoms. The molecule has 1 aliphatic heterocycles. The summed E-state index contributed by atoms with van der Waals surface area (Å²) in [6, 6.07) is 7.38. The Kier molecular flexibility index (Phi) is 6.36. The van der Waals surface area contributed by atoms with E-state index in [4.69, 9.17) is 0 Å². The molecule has 0 atom stereocenters. The van der Waals surface area contributed by atoms with Crippen LogP contribution in [0.25, 0.3) is 11.7 Å². The third kappa shape index (κ3) is 4.85. The number of imide groups is 1. The first-order valence-corrected chi connectivity index (χ1v) is 10.5. The van der Waals surface area contributed by atoms with Crippen molar-refractivity contribution in [2.75, 3.05) is 13.1 Å². The zero-order chi connectivity index (χ0) is 23.5. The number of aromatic nitrogens is 3. The molecule has 1 N–H and O–H groups in total. The first-order chi connectivity index (χ1) is 15.8. The van der Waals surface area contributed by atoms with Crippen LogP contribution >= 0.6 is 11.8 Å². The van der Waals surface area contributed by atoms with E-state index in [0.29, 0.717) is 22.5 Å². The lowest BCUT2D eigenvalue weighted by Crippen LogP contribution is -2.37. The van der Waals surface area contributed by atoms with Crippen molar-refractivity contribution in [1.29, 1.82) is 0 Å². The van der Waals surface area contributed by atoms with E-state index >= 15 is 0 Å². The first kappa shape index (κ1) is 22.4. The summed E-state index contributed by atoms with van der Waals surface area (Å²) >= 11 is 0.764. The van der Waals surface area contributed by atoms with Crippen molar-refractivity contribution in [3.63, 3.8) is 0 Å². The van der Waals surface area contributed by atoms with Crippen LogP contribution in [-0.4, -0.2) is 56.3 Å². The van der Waals surface area contributed by atoms with Gasteiger partial charge in [0.15, 0.2) is 5.65 Å². The number of alkyl halides is 2. The quantitative estimate of drug-likeness (QED) is 0.526. The lowest BCUT2D eigenvalue weighted by atomic mass is 10.2. The number of nitrogens with one attached hydrogen (secondary N) is 1. The van der Waals surface area contributed by atoms with Crippen LogP contribution in [0.5, 0.6) is 5.75 Å². The number of hydrogen-bond acceptors (Lipinski definition) is 7. The van der Waals surface area contributed by atoms with E-state index in [0.717, 1.165) is 16.7 Å². The molecule has 3 aromatic rings. The Balaban J connectivity index is 1.37. The fourth-order valence-corrected chi connectivity index (χ4v) is 4.09. The Labute approximate surface area is 190 Å². The Bertz CT molecular complexity index is 1260. The van der Waals surface area contributed by atoms with E-state index in [1.807, 2.05) is 0 Å². The average Bonchev–Trinajstić information content (AvgIpc) is 3.24. The number of aryl methyl sites for hydroxylation is 1. The van der Waals surface area contributed by atoms with E-state index < -0.39 is 23.7 Å².